The van der Waals surface area contributed by atoms with Crippen LogP contribution in [0.25, 0.3) is 0 Å². The molecule has 4 bridgehead atoms. The first kappa shape index (κ1) is 21.6. The molecule has 2 atom stereocenters. The number of carboxylic acid groups (broad SMARTS) is 1. The van der Waals surface area contributed by atoms with Gasteiger partial charge in [0, 0.05) is 50.5 Å². The normalized spacial score (nSPS) is 31.4. The number of pyridine rings is 1. The Labute approximate surface area is 200 Å². The monoisotopic (exact) mass is 465 g/mol. The number of piperazine rings is 1. The van der Waals surface area contributed by atoms with Gasteiger partial charge in [-0.1, -0.05) is 23.7 Å². The highest BCUT2D eigenvalue weighted by Gasteiger charge is 2.58. The lowest BCUT2D eigenvalue weighted by Gasteiger charge is -2.35. The third-order valence-electron chi connectivity index (χ3n) is 8.97. The van der Waals surface area contributed by atoms with E-state index in [2.05, 4.69) is 33.0 Å². The van der Waals surface area contributed by atoms with Crippen molar-refractivity contribution in [3.63, 3.8) is 0 Å². The first-order valence-electron chi connectivity index (χ1n) is 12.4. The highest BCUT2D eigenvalue weighted by Crippen LogP contribution is 2.66. The minimum atomic E-state index is -0.909. The second-order valence-electron chi connectivity index (χ2n) is 10.9. The van der Waals surface area contributed by atoms with Gasteiger partial charge in [0.05, 0.1) is 11.3 Å². The molecule has 6 heteroatoms. The summed E-state index contributed by atoms with van der Waals surface area (Å²) in [6, 6.07) is 10.3. The topological polar surface area (TPSA) is 56.7 Å². The van der Waals surface area contributed by atoms with E-state index in [-0.39, 0.29) is 0 Å². The molecule has 0 amide bonds. The predicted octanol–water partition coefficient (Wildman–Crippen LogP) is 4.83. The molecule has 4 aliphatic carbocycles. The largest absolute Gasteiger partial charge is 0.478 e. The molecular formula is C27H32ClN3O2. The second kappa shape index (κ2) is 8.37. The summed E-state index contributed by atoms with van der Waals surface area (Å²) in [4.78, 5) is 20.5. The van der Waals surface area contributed by atoms with Gasteiger partial charge in [-0.15, -0.1) is 0 Å². The Kier molecular flexibility index (Phi) is 5.47. The number of aromatic carboxylic acids is 1. The van der Waals surface area contributed by atoms with E-state index in [1.165, 1.54) is 43.2 Å². The molecule has 2 aromatic rings. The van der Waals surface area contributed by atoms with Gasteiger partial charge in [0.25, 0.3) is 0 Å². The quantitative estimate of drug-likeness (QED) is 0.662. The van der Waals surface area contributed by atoms with Gasteiger partial charge in [-0.2, -0.15) is 0 Å². The molecule has 7 rings (SSSR count). The lowest BCUT2D eigenvalue weighted by molar-refractivity contribution is 0.0691. The zero-order valence-electron chi connectivity index (χ0n) is 19.0. The van der Waals surface area contributed by atoms with Gasteiger partial charge in [-0.25, -0.2) is 4.79 Å². The van der Waals surface area contributed by atoms with E-state index in [4.69, 9.17) is 11.6 Å². The zero-order valence-corrected chi connectivity index (χ0v) is 19.8. The van der Waals surface area contributed by atoms with E-state index in [1.807, 2.05) is 0 Å². The lowest BCUT2D eigenvalue weighted by atomic mass is 9.71. The molecule has 2 heterocycles. The minimum Gasteiger partial charge on any atom is -0.478 e. The fourth-order valence-electron chi connectivity index (χ4n) is 7.57. The summed E-state index contributed by atoms with van der Waals surface area (Å²) in [6.07, 6.45) is 8.77. The molecule has 174 valence electrons. The number of carboxylic acids is 1. The smallest absolute Gasteiger partial charge is 0.337 e. The standard InChI is InChI=1S/C27H32ClN3O2/c28-24-13-21(27-14-18-10-19(15-27)12-22(27)11-18)4-3-20(24)16-30-6-8-31(9-7-30)17-25-23(26(32)33)2-1-5-29-25/h1-5,13,18-19,22H,6-12,14-17H2,(H,32,33). The maximum Gasteiger partial charge on any atom is 0.337 e. The molecule has 2 unspecified atom stereocenters. The summed E-state index contributed by atoms with van der Waals surface area (Å²) in [5.41, 5.74) is 4.09. The van der Waals surface area contributed by atoms with Gasteiger partial charge in [-0.05, 0) is 84.6 Å². The van der Waals surface area contributed by atoms with Crippen LogP contribution in [0.3, 0.4) is 0 Å². The number of rotatable bonds is 6. The SMILES string of the molecule is O=C(O)c1cccnc1CN1CCN(Cc2ccc(C34CC5CC(CC3C5)C4)cc2Cl)CC1. The van der Waals surface area contributed by atoms with E-state index >= 15 is 0 Å². The zero-order chi connectivity index (χ0) is 22.6. The summed E-state index contributed by atoms with van der Waals surface area (Å²) in [5, 5.41) is 10.3. The fourth-order valence-corrected chi connectivity index (χ4v) is 7.81. The third-order valence-corrected chi connectivity index (χ3v) is 9.32. The van der Waals surface area contributed by atoms with Gasteiger partial charge < -0.3 is 5.11 Å². The average molecular weight is 466 g/mol. The molecule has 1 N–H and O–H groups in total. The Bertz CT molecular complexity index is 1050. The first-order chi connectivity index (χ1) is 16.0. The van der Waals surface area contributed by atoms with Crippen LogP contribution in [-0.4, -0.2) is 52.0 Å². The predicted molar refractivity (Wildman–Crippen MR) is 128 cm³/mol. The minimum absolute atomic E-state index is 0.301. The van der Waals surface area contributed by atoms with Crippen molar-refractivity contribution in [2.75, 3.05) is 26.2 Å². The molecule has 0 spiro atoms. The second-order valence-corrected chi connectivity index (χ2v) is 11.3. The molecule has 33 heavy (non-hydrogen) atoms. The summed E-state index contributed by atoms with van der Waals surface area (Å²) < 4.78 is 0. The fraction of sp³-hybridized carbons (Fsp3) is 0.556. The van der Waals surface area contributed by atoms with Gasteiger partial charge in [0.2, 0.25) is 0 Å². The Morgan fingerprint density at radius 1 is 1.03 bits per heavy atom. The molecule has 5 fully saturated rings. The molecule has 5 aliphatic rings. The Hall–Kier alpha value is -1.95. The first-order valence-corrected chi connectivity index (χ1v) is 12.8. The van der Waals surface area contributed by atoms with Gasteiger partial charge in [-0.3, -0.25) is 14.8 Å². The van der Waals surface area contributed by atoms with Crippen LogP contribution in [0.1, 0.15) is 59.3 Å². The summed E-state index contributed by atoms with van der Waals surface area (Å²) in [7, 11) is 0. The van der Waals surface area contributed by atoms with E-state index in [9.17, 15) is 9.90 Å². The van der Waals surface area contributed by atoms with Gasteiger partial charge in [0.15, 0.2) is 0 Å². The maximum atomic E-state index is 11.5. The molecule has 1 aromatic heterocycles. The van der Waals surface area contributed by atoms with Crippen molar-refractivity contribution in [1.82, 2.24) is 14.8 Å². The average Bonchev–Trinajstić information content (AvgIpc) is 3.21. The number of carbonyl (C=O) groups is 1. The number of hydrogen-bond acceptors (Lipinski definition) is 4. The molecule has 4 saturated carbocycles. The van der Waals surface area contributed by atoms with Crippen LogP contribution >= 0.6 is 11.6 Å². The third kappa shape index (κ3) is 3.88. The van der Waals surface area contributed by atoms with Crippen LogP contribution in [0.2, 0.25) is 5.02 Å². The molecule has 0 radical (unpaired) electrons. The van der Waals surface area contributed by atoms with E-state index in [0.29, 0.717) is 23.2 Å². The maximum absolute atomic E-state index is 11.5. The van der Waals surface area contributed by atoms with Crippen molar-refractivity contribution < 1.29 is 9.90 Å². The van der Waals surface area contributed by atoms with Gasteiger partial charge in [0.1, 0.15) is 0 Å². The highest BCUT2D eigenvalue weighted by atomic mass is 35.5. The molecular weight excluding hydrogens is 434 g/mol. The van der Waals surface area contributed by atoms with Crippen LogP contribution < -0.4 is 0 Å². The number of benzene rings is 1. The van der Waals surface area contributed by atoms with Crippen molar-refractivity contribution in [2.24, 2.45) is 17.8 Å². The highest BCUT2D eigenvalue weighted by molar-refractivity contribution is 6.31. The molecule has 1 saturated heterocycles. The van der Waals surface area contributed by atoms with Crippen molar-refractivity contribution in [2.45, 2.75) is 50.6 Å². The summed E-state index contributed by atoms with van der Waals surface area (Å²) in [6.45, 7) is 5.15. The Balaban J connectivity index is 1.08. The number of hydrogen-bond donors (Lipinski definition) is 1. The van der Waals surface area contributed by atoms with E-state index in [1.54, 1.807) is 18.3 Å². The van der Waals surface area contributed by atoms with Crippen LogP contribution in [-0.2, 0) is 18.5 Å². The summed E-state index contributed by atoms with van der Waals surface area (Å²) in [5.74, 6) is 1.88. The van der Waals surface area contributed by atoms with E-state index in [0.717, 1.165) is 55.5 Å². The van der Waals surface area contributed by atoms with Crippen LogP contribution in [0, 0.1) is 17.8 Å². The van der Waals surface area contributed by atoms with Crippen molar-refractivity contribution >= 4 is 17.6 Å². The van der Waals surface area contributed by atoms with Gasteiger partial charge >= 0.3 is 5.97 Å². The molecule has 5 nitrogen and oxygen atoms in total. The lowest BCUT2D eigenvalue weighted by Crippen LogP contribution is -2.45. The Morgan fingerprint density at radius 3 is 2.39 bits per heavy atom. The van der Waals surface area contributed by atoms with Crippen LogP contribution in [0.4, 0.5) is 0 Å². The summed E-state index contributed by atoms with van der Waals surface area (Å²) >= 11 is 6.84. The van der Waals surface area contributed by atoms with E-state index < -0.39 is 5.97 Å². The van der Waals surface area contributed by atoms with Crippen molar-refractivity contribution in [1.29, 1.82) is 0 Å². The number of nitrogens with zero attached hydrogens (tertiary/aromatic N) is 3. The number of aromatic nitrogens is 1. The van der Waals surface area contributed by atoms with Crippen molar-refractivity contribution in [3.8, 4) is 0 Å². The molecule has 1 aromatic carbocycles. The Morgan fingerprint density at radius 2 is 1.73 bits per heavy atom. The van der Waals surface area contributed by atoms with Crippen LogP contribution in [0.5, 0.6) is 0 Å². The number of halogens is 1. The van der Waals surface area contributed by atoms with Crippen molar-refractivity contribution in [3.05, 3.63) is 63.9 Å². The molecule has 1 aliphatic heterocycles. The van der Waals surface area contributed by atoms with Crippen LogP contribution in [0.15, 0.2) is 36.5 Å².